The van der Waals surface area contributed by atoms with E-state index in [9.17, 15) is 4.79 Å². The number of hydrogen-bond acceptors (Lipinski definition) is 8. The number of fused-ring (bicyclic) bond motifs is 1. The van der Waals surface area contributed by atoms with Crippen LogP contribution in [-0.2, 0) is 0 Å². The molecule has 0 saturated carbocycles. The van der Waals surface area contributed by atoms with Crippen LogP contribution in [0.5, 0.6) is 28.7 Å². The summed E-state index contributed by atoms with van der Waals surface area (Å²) in [6.45, 7) is 3.88. The van der Waals surface area contributed by atoms with Crippen LogP contribution in [0.15, 0.2) is 72.0 Å². The molecule has 1 aliphatic heterocycles. The monoisotopic (exact) mass is 587 g/mol. The van der Waals surface area contributed by atoms with Gasteiger partial charge in [-0.3, -0.25) is 4.98 Å². The van der Waals surface area contributed by atoms with Crippen molar-refractivity contribution in [2.24, 2.45) is 5.10 Å². The van der Waals surface area contributed by atoms with Crippen LogP contribution in [0.2, 0.25) is 0 Å². The number of halogens is 1. The Balaban J connectivity index is 1.21. The number of carbonyl (C=O) groups is 1. The van der Waals surface area contributed by atoms with Gasteiger partial charge < -0.3 is 29.2 Å². The molecule has 2 amide bonds. The van der Waals surface area contributed by atoms with Crippen molar-refractivity contribution in [2.45, 2.75) is 19.3 Å². The third-order valence-corrected chi connectivity index (χ3v) is 6.95. The van der Waals surface area contributed by atoms with Gasteiger partial charge in [0, 0.05) is 35.9 Å². The molecular formula is C32H34FN5O5. The Labute approximate surface area is 249 Å². The van der Waals surface area contributed by atoms with Crippen LogP contribution < -0.4 is 29.7 Å². The van der Waals surface area contributed by atoms with E-state index in [2.05, 4.69) is 25.7 Å². The standard InChI is InChI=1S/C32H34FN5O5/c1-40-24-8-5-7-22(17-24)21-35-37-32(39)36-23-9-10-29(26(33)18-23)43-28-11-12-34-27-20-31(30(41-2)19-25(27)28)42-16-6-15-38-13-3-4-14-38/h5,7-12,17-21H,3-4,6,13-16H2,1-2H3,(H2,36,37,39)/b35-21+. The smallest absolute Gasteiger partial charge is 0.339 e. The summed E-state index contributed by atoms with van der Waals surface area (Å²) in [4.78, 5) is 19.1. The maximum absolute atomic E-state index is 15.0. The van der Waals surface area contributed by atoms with Gasteiger partial charge in [-0.15, -0.1) is 0 Å². The molecule has 1 fully saturated rings. The topological polar surface area (TPSA) is 107 Å². The molecule has 2 N–H and O–H groups in total. The third kappa shape index (κ3) is 7.89. The number of nitrogens with zero attached hydrogens (tertiary/aromatic N) is 3. The summed E-state index contributed by atoms with van der Waals surface area (Å²) >= 11 is 0. The minimum absolute atomic E-state index is 0.0179. The molecule has 3 aromatic carbocycles. The van der Waals surface area contributed by atoms with Gasteiger partial charge in [0.05, 0.1) is 32.6 Å². The first-order valence-electron chi connectivity index (χ1n) is 14.1. The summed E-state index contributed by atoms with van der Waals surface area (Å²) in [5.41, 5.74) is 3.94. The van der Waals surface area contributed by atoms with Crippen LogP contribution in [-0.4, -0.2) is 62.6 Å². The number of aromatic nitrogens is 1. The highest BCUT2D eigenvalue weighted by molar-refractivity contribution is 5.91. The molecule has 0 atom stereocenters. The van der Waals surface area contributed by atoms with Crippen molar-refractivity contribution in [2.75, 3.05) is 45.8 Å². The Morgan fingerprint density at radius 3 is 2.65 bits per heavy atom. The largest absolute Gasteiger partial charge is 0.497 e. The van der Waals surface area contributed by atoms with Crippen molar-refractivity contribution >= 4 is 28.8 Å². The van der Waals surface area contributed by atoms with Crippen molar-refractivity contribution in [3.63, 3.8) is 0 Å². The quantitative estimate of drug-likeness (QED) is 0.115. The van der Waals surface area contributed by atoms with Gasteiger partial charge in [0.15, 0.2) is 23.1 Å². The number of anilines is 1. The Morgan fingerprint density at radius 1 is 1.00 bits per heavy atom. The molecule has 0 unspecified atom stereocenters. The van der Waals surface area contributed by atoms with Gasteiger partial charge in [0.1, 0.15) is 11.5 Å². The molecule has 4 aromatic rings. The minimum Gasteiger partial charge on any atom is -0.497 e. The number of pyridine rings is 1. The molecule has 1 aromatic heterocycles. The van der Waals surface area contributed by atoms with Crippen molar-refractivity contribution in [3.05, 3.63) is 78.2 Å². The van der Waals surface area contributed by atoms with Crippen LogP contribution in [0.1, 0.15) is 24.8 Å². The lowest BCUT2D eigenvalue weighted by Crippen LogP contribution is -2.24. The van der Waals surface area contributed by atoms with Crippen molar-refractivity contribution in [3.8, 4) is 28.7 Å². The summed E-state index contributed by atoms with van der Waals surface area (Å²) in [5.74, 6) is 1.51. The van der Waals surface area contributed by atoms with E-state index < -0.39 is 11.8 Å². The molecule has 0 bridgehead atoms. The summed E-state index contributed by atoms with van der Waals surface area (Å²) in [6, 6.07) is 15.9. The molecule has 10 nitrogen and oxygen atoms in total. The first-order chi connectivity index (χ1) is 21.0. The molecule has 1 saturated heterocycles. The van der Waals surface area contributed by atoms with E-state index in [1.165, 1.54) is 37.3 Å². The lowest BCUT2D eigenvalue weighted by atomic mass is 10.1. The molecule has 11 heteroatoms. The van der Waals surface area contributed by atoms with E-state index in [0.717, 1.165) is 31.6 Å². The number of urea groups is 1. The van der Waals surface area contributed by atoms with Crippen LogP contribution in [0.3, 0.4) is 0 Å². The fourth-order valence-electron chi connectivity index (χ4n) is 4.79. The summed E-state index contributed by atoms with van der Waals surface area (Å²) in [7, 11) is 3.14. The zero-order valence-electron chi connectivity index (χ0n) is 24.1. The number of ether oxygens (including phenoxy) is 4. The highest BCUT2D eigenvalue weighted by atomic mass is 19.1. The number of methoxy groups -OCH3 is 2. The lowest BCUT2D eigenvalue weighted by Gasteiger charge is -2.16. The average Bonchev–Trinajstić information content (AvgIpc) is 3.54. The number of hydrogen-bond donors (Lipinski definition) is 2. The van der Waals surface area contributed by atoms with Crippen molar-refractivity contribution < 1.29 is 28.1 Å². The summed E-state index contributed by atoms with van der Waals surface area (Å²) in [6.07, 6.45) is 6.50. The lowest BCUT2D eigenvalue weighted by molar-refractivity contribution is 0.252. The van der Waals surface area contributed by atoms with Gasteiger partial charge in [-0.25, -0.2) is 14.6 Å². The molecule has 43 heavy (non-hydrogen) atoms. The van der Waals surface area contributed by atoms with Gasteiger partial charge in [-0.1, -0.05) is 12.1 Å². The Kier molecular flexibility index (Phi) is 9.86. The average molecular weight is 588 g/mol. The number of benzene rings is 3. The minimum atomic E-state index is -0.660. The fourth-order valence-corrected chi connectivity index (χ4v) is 4.79. The van der Waals surface area contributed by atoms with Gasteiger partial charge in [0.25, 0.3) is 0 Å². The summed E-state index contributed by atoms with van der Waals surface area (Å²) < 4.78 is 37.7. The van der Waals surface area contributed by atoms with Gasteiger partial charge in [-0.2, -0.15) is 5.10 Å². The van der Waals surface area contributed by atoms with Crippen molar-refractivity contribution in [1.29, 1.82) is 0 Å². The molecule has 5 rings (SSSR count). The molecule has 2 heterocycles. The predicted molar refractivity (Wildman–Crippen MR) is 163 cm³/mol. The van der Waals surface area contributed by atoms with Crippen LogP contribution in [0.25, 0.3) is 10.9 Å². The summed E-state index contributed by atoms with van der Waals surface area (Å²) in [5, 5.41) is 7.09. The first-order valence-corrected chi connectivity index (χ1v) is 14.1. The Morgan fingerprint density at radius 2 is 1.86 bits per heavy atom. The van der Waals surface area contributed by atoms with E-state index in [1.807, 2.05) is 12.1 Å². The number of rotatable bonds is 12. The fraction of sp³-hybridized carbons (Fsp3) is 0.281. The second kappa shape index (κ2) is 14.3. The SMILES string of the molecule is COc1cccc(/C=N/NC(=O)Nc2ccc(Oc3ccnc4cc(OCCCN5CCCC5)c(OC)cc34)c(F)c2)c1. The molecule has 1 aliphatic rings. The second-order valence-electron chi connectivity index (χ2n) is 9.93. The molecule has 0 spiro atoms. The zero-order valence-corrected chi connectivity index (χ0v) is 24.1. The third-order valence-electron chi connectivity index (χ3n) is 6.95. The Hall–Kier alpha value is -4.90. The van der Waals surface area contributed by atoms with Crippen LogP contribution in [0, 0.1) is 5.82 Å². The van der Waals surface area contributed by atoms with Gasteiger partial charge in [-0.05, 0) is 74.3 Å². The van der Waals surface area contributed by atoms with E-state index in [-0.39, 0.29) is 11.4 Å². The maximum atomic E-state index is 15.0. The molecule has 224 valence electrons. The zero-order chi connectivity index (χ0) is 30.0. The number of carbonyl (C=O) groups excluding carboxylic acids is 1. The molecule has 0 aliphatic carbocycles. The van der Waals surface area contributed by atoms with E-state index >= 15 is 4.39 Å². The van der Waals surface area contributed by atoms with E-state index in [4.69, 9.17) is 18.9 Å². The van der Waals surface area contributed by atoms with Gasteiger partial charge >= 0.3 is 6.03 Å². The first kappa shape index (κ1) is 29.6. The maximum Gasteiger partial charge on any atom is 0.339 e. The second-order valence-corrected chi connectivity index (χ2v) is 9.93. The van der Waals surface area contributed by atoms with E-state index in [0.29, 0.717) is 40.5 Å². The molecule has 0 radical (unpaired) electrons. The highest BCUT2D eigenvalue weighted by Gasteiger charge is 2.15. The highest BCUT2D eigenvalue weighted by Crippen LogP contribution is 2.38. The van der Waals surface area contributed by atoms with Crippen LogP contribution >= 0.6 is 0 Å². The van der Waals surface area contributed by atoms with Crippen LogP contribution in [0.4, 0.5) is 14.9 Å². The number of nitrogens with one attached hydrogen (secondary N) is 2. The number of amides is 2. The van der Waals surface area contributed by atoms with Gasteiger partial charge in [0.2, 0.25) is 0 Å². The predicted octanol–water partition coefficient (Wildman–Crippen LogP) is 6.20. The number of hydrazone groups is 1. The van der Waals surface area contributed by atoms with E-state index in [1.54, 1.807) is 50.7 Å². The Bertz CT molecular complexity index is 1590. The van der Waals surface area contributed by atoms with Crippen molar-refractivity contribution in [1.82, 2.24) is 15.3 Å². The number of likely N-dealkylation sites (tertiary alicyclic amines) is 1. The molecular weight excluding hydrogens is 553 g/mol. The normalized spacial score (nSPS) is 13.3.